The highest BCUT2D eigenvalue weighted by atomic mass is 14.9. The molecule has 1 rings (SSSR count). The molecule has 1 N–H and O–H groups in total. The van der Waals surface area contributed by atoms with Gasteiger partial charge >= 0.3 is 0 Å². The zero-order valence-electron chi connectivity index (χ0n) is 11.3. The lowest BCUT2D eigenvalue weighted by Crippen LogP contribution is -2.31. The fourth-order valence-corrected chi connectivity index (χ4v) is 2.35. The van der Waals surface area contributed by atoms with Gasteiger partial charge in [0, 0.05) is 6.04 Å². The number of hydrogen-bond acceptors (Lipinski definition) is 1. The van der Waals surface area contributed by atoms with Crippen molar-refractivity contribution in [3.05, 3.63) is 34.9 Å². The van der Waals surface area contributed by atoms with E-state index in [9.17, 15) is 0 Å². The highest BCUT2D eigenvalue weighted by molar-refractivity contribution is 5.33. The Hall–Kier alpha value is -0.820. The van der Waals surface area contributed by atoms with Gasteiger partial charge < -0.3 is 5.32 Å². The van der Waals surface area contributed by atoms with Crippen LogP contribution in [0.4, 0.5) is 0 Å². The van der Waals surface area contributed by atoms with Crippen molar-refractivity contribution in [1.82, 2.24) is 5.32 Å². The van der Waals surface area contributed by atoms with Gasteiger partial charge in [0.05, 0.1) is 0 Å². The SMILES string of the molecule is CNC(CCc1c(C)cccc1C)C(C)C. The summed E-state index contributed by atoms with van der Waals surface area (Å²) in [5, 5.41) is 3.41. The van der Waals surface area contributed by atoms with Gasteiger partial charge in [0.1, 0.15) is 0 Å². The van der Waals surface area contributed by atoms with Crippen LogP contribution in [0.2, 0.25) is 0 Å². The normalized spacial score (nSPS) is 13.1. The lowest BCUT2D eigenvalue weighted by molar-refractivity contribution is 0.402. The number of rotatable bonds is 5. The molecule has 0 saturated carbocycles. The first-order valence-electron chi connectivity index (χ1n) is 6.28. The largest absolute Gasteiger partial charge is 0.317 e. The van der Waals surface area contributed by atoms with Crippen LogP contribution in [-0.4, -0.2) is 13.1 Å². The van der Waals surface area contributed by atoms with Crippen molar-refractivity contribution in [1.29, 1.82) is 0 Å². The minimum atomic E-state index is 0.624. The second kappa shape index (κ2) is 6.05. The summed E-state index contributed by atoms with van der Waals surface area (Å²) in [6.45, 7) is 9.00. The minimum Gasteiger partial charge on any atom is -0.317 e. The quantitative estimate of drug-likeness (QED) is 0.799. The maximum Gasteiger partial charge on any atom is 0.00902 e. The summed E-state index contributed by atoms with van der Waals surface area (Å²) >= 11 is 0. The van der Waals surface area contributed by atoms with E-state index in [1.807, 2.05) is 0 Å². The fourth-order valence-electron chi connectivity index (χ4n) is 2.35. The molecule has 0 aromatic heterocycles. The summed E-state index contributed by atoms with van der Waals surface area (Å²) < 4.78 is 0. The molecule has 16 heavy (non-hydrogen) atoms. The minimum absolute atomic E-state index is 0.624. The molecule has 0 fully saturated rings. The molecule has 1 aromatic rings. The Bertz CT molecular complexity index is 308. The molecular weight excluding hydrogens is 194 g/mol. The van der Waals surface area contributed by atoms with Crippen LogP contribution in [0.1, 0.15) is 37.0 Å². The van der Waals surface area contributed by atoms with Crippen molar-refractivity contribution in [2.24, 2.45) is 5.92 Å². The average molecular weight is 219 g/mol. The van der Waals surface area contributed by atoms with E-state index in [-0.39, 0.29) is 0 Å². The van der Waals surface area contributed by atoms with Crippen molar-refractivity contribution in [3.63, 3.8) is 0 Å². The smallest absolute Gasteiger partial charge is 0.00902 e. The Morgan fingerprint density at radius 3 is 2.12 bits per heavy atom. The van der Waals surface area contributed by atoms with Crippen LogP contribution >= 0.6 is 0 Å². The molecule has 90 valence electrons. The maximum absolute atomic E-state index is 3.41. The van der Waals surface area contributed by atoms with Crippen molar-refractivity contribution < 1.29 is 0 Å². The zero-order chi connectivity index (χ0) is 12.1. The van der Waals surface area contributed by atoms with E-state index >= 15 is 0 Å². The van der Waals surface area contributed by atoms with E-state index in [4.69, 9.17) is 0 Å². The first-order valence-corrected chi connectivity index (χ1v) is 6.28. The number of hydrogen-bond donors (Lipinski definition) is 1. The zero-order valence-corrected chi connectivity index (χ0v) is 11.3. The predicted molar refractivity (Wildman–Crippen MR) is 71.9 cm³/mol. The van der Waals surface area contributed by atoms with E-state index < -0.39 is 0 Å². The summed E-state index contributed by atoms with van der Waals surface area (Å²) in [5.41, 5.74) is 4.39. The number of benzene rings is 1. The summed E-state index contributed by atoms with van der Waals surface area (Å²) in [7, 11) is 2.06. The van der Waals surface area contributed by atoms with E-state index in [1.54, 1.807) is 0 Å². The van der Waals surface area contributed by atoms with Gasteiger partial charge in [-0.05, 0) is 56.3 Å². The van der Waals surface area contributed by atoms with Gasteiger partial charge in [-0.25, -0.2) is 0 Å². The van der Waals surface area contributed by atoms with Crippen molar-refractivity contribution in [2.75, 3.05) is 7.05 Å². The molecule has 0 amide bonds. The Kier molecular flexibility index (Phi) is 5.01. The lowest BCUT2D eigenvalue weighted by Gasteiger charge is -2.21. The van der Waals surface area contributed by atoms with Gasteiger partial charge in [-0.2, -0.15) is 0 Å². The van der Waals surface area contributed by atoms with Crippen molar-refractivity contribution in [2.45, 2.75) is 46.6 Å². The molecule has 0 aliphatic rings. The number of nitrogens with one attached hydrogen (secondary N) is 1. The molecule has 0 spiro atoms. The third-order valence-electron chi connectivity index (χ3n) is 3.53. The predicted octanol–water partition coefficient (Wildman–Crippen LogP) is 3.48. The van der Waals surface area contributed by atoms with E-state index in [0.717, 1.165) is 0 Å². The molecule has 1 atom stereocenters. The Morgan fingerprint density at radius 1 is 1.12 bits per heavy atom. The second-order valence-corrected chi connectivity index (χ2v) is 5.05. The molecular formula is C15H25N. The van der Waals surface area contributed by atoms with Gasteiger partial charge in [-0.1, -0.05) is 32.0 Å². The van der Waals surface area contributed by atoms with Crippen LogP contribution in [0.5, 0.6) is 0 Å². The van der Waals surface area contributed by atoms with Gasteiger partial charge in [0.15, 0.2) is 0 Å². The Morgan fingerprint density at radius 2 is 1.69 bits per heavy atom. The van der Waals surface area contributed by atoms with Gasteiger partial charge in [-0.3, -0.25) is 0 Å². The highest BCUT2D eigenvalue weighted by Gasteiger charge is 2.11. The summed E-state index contributed by atoms with van der Waals surface area (Å²) in [4.78, 5) is 0. The molecule has 0 radical (unpaired) electrons. The molecule has 1 aromatic carbocycles. The third-order valence-corrected chi connectivity index (χ3v) is 3.53. The standard InChI is InChI=1S/C15H25N/c1-11(2)15(16-5)10-9-14-12(3)7-6-8-13(14)4/h6-8,11,15-16H,9-10H2,1-5H3. The van der Waals surface area contributed by atoms with Gasteiger partial charge in [0.2, 0.25) is 0 Å². The van der Waals surface area contributed by atoms with E-state index in [1.165, 1.54) is 29.5 Å². The number of aryl methyl sites for hydroxylation is 2. The first kappa shape index (κ1) is 13.2. The van der Waals surface area contributed by atoms with Crippen LogP contribution in [-0.2, 0) is 6.42 Å². The topological polar surface area (TPSA) is 12.0 Å². The van der Waals surface area contributed by atoms with Crippen LogP contribution in [0.15, 0.2) is 18.2 Å². The molecule has 0 bridgehead atoms. The molecule has 1 heteroatoms. The Balaban J connectivity index is 2.67. The van der Waals surface area contributed by atoms with Gasteiger partial charge in [0.25, 0.3) is 0 Å². The van der Waals surface area contributed by atoms with Crippen LogP contribution in [0, 0.1) is 19.8 Å². The summed E-state index contributed by atoms with van der Waals surface area (Å²) in [6.07, 6.45) is 2.40. The monoisotopic (exact) mass is 219 g/mol. The highest BCUT2D eigenvalue weighted by Crippen LogP contribution is 2.17. The lowest BCUT2D eigenvalue weighted by atomic mass is 9.93. The van der Waals surface area contributed by atoms with E-state index in [0.29, 0.717) is 12.0 Å². The molecule has 0 aliphatic heterocycles. The first-order chi connectivity index (χ1) is 7.56. The van der Waals surface area contributed by atoms with Crippen LogP contribution in [0.3, 0.4) is 0 Å². The summed E-state index contributed by atoms with van der Waals surface area (Å²) in [6, 6.07) is 7.20. The molecule has 0 saturated heterocycles. The molecule has 0 aliphatic carbocycles. The second-order valence-electron chi connectivity index (χ2n) is 5.05. The molecule has 1 unspecified atom stereocenters. The Labute approximate surface area is 100 Å². The average Bonchev–Trinajstić information content (AvgIpc) is 2.22. The van der Waals surface area contributed by atoms with Crippen molar-refractivity contribution >= 4 is 0 Å². The van der Waals surface area contributed by atoms with E-state index in [2.05, 4.69) is 58.3 Å². The van der Waals surface area contributed by atoms with Crippen LogP contribution < -0.4 is 5.32 Å². The maximum atomic E-state index is 3.41. The molecule has 1 nitrogen and oxygen atoms in total. The van der Waals surface area contributed by atoms with Crippen molar-refractivity contribution in [3.8, 4) is 0 Å². The molecule has 0 heterocycles. The van der Waals surface area contributed by atoms with Crippen LogP contribution in [0.25, 0.3) is 0 Å². The van der Waals surface area contributed by atoms with Gasteiger partial charge in [-0.15, -0.1) is 0 Å². The fraction of sp³-hybridized carbons (Fsp3) is 0.600. The summed E-state index contributed by atoms with van der Waals surface area (Å²) in [5.74, 6) is 0.703. The third kappa shape index (κ3) is 3.34.